The van der Waals surface area contributed by atoms with E-state index in [1.807, 2.05) is 0 Å². The zero-order valence-electron chi connectivity index (χ0n) is 12.8. The molecular formula is C17H16F3NO2. The first-order valence-electron chi connectivity index (χ1n) is 7.51. The van der Waals surface area contributed by atoms with E-state index < -0.39 is 17.7 Å². The summed E-state index contributed by atoms with van der Waals surface area (Å²) in [6.45, 7) is 3.46. The predicted molar refractivity (Wildman–Crippen MR) is 79.4 cm³/mol. The van der Waals surface area contributed by atoms with E-state index in [-0.39, 0.29) is 23.7 Å². The van der Waals surface area contributed by atoms with Crippen LogP contribution < -0.4 is 0 Å². The number of esters is 1. The first-order chi connectivity index (χ1) is 10.8. The zero-order chi connectivity index (χ0) is 16.8. The van der Waals surface area contributed by atoms with E-state index in [2.05, 4.69) is 4.98 Å². The van der Waals surface area contributed by atoms with Crippen molar-refractivity contribution in [1.82, 2.24) is 4.98 Å². The van der Waals surface area contributed by atoms with Crippen molar-refractivity contribution in [1.29, 1.82) is 0 Å². The van der Waals surface area contributed by atoms with Crippen molar-refractivity contribution < 1.29 is 22.7 Å². The number of rotatable bonds is 3. The van der Waals surface area contributed by atoms with Gasteiger partial charge in [0.1, 0.15) is 5.69 Å². The van der Waals surface area contributed by atoms with Crippen molar-refractivity contribution in [3.05, 3.63) is 40.6 Å². The molecule has 23 heavy (non-hydrogen) atoms. The van der Waals surface area contributed by atoms with Crippen LogP contribution in [0.5, 0.6) is 0 Å². The number of carbonyl (C=O) groups excluding carboxylic acids is 1. The minimum atomic E-state index is -4.52. The standard InChI is InChI=1S/C17H16F3NO2/c1-3-23-16(22)14-6-9(2)12-7-11(10-4-5-10)8-13(15(12)21-14)17(18,19)20/h6-8,10H,3-5H2,1-2H3. The molecule has 122 valence electrons. The van der Waals surface area contributed by atoms with Crippen LogP contribution in [0.15, 0.2) is 18.2 Å². The van der Waals surface area contributed by atoms with Crippen LogP contribution in [-0.2, 0) is 10.9 Å². The molecule has 0 radical (unpaired) electrons. The van der Waals surface area contributed by atoms with E-state index >= 15 is 0 Å². The molecule has 1 aromatic carbocycles. The predicted octanol–water partition coefficient (Wildman–Crippen LogP) is 4.62. The van der Waals surface area contributed by atoms with E-state index in [0.29, 0.717) is 16.5 Å². The fourth-order valence-corrected chi connectivity index (χ4v) is 2.69. The molecule has 0 N–H and O–H groups in total. The topological polar surface area (TPSA) is 39.2 Å². The van der Waals surface area contributed by atoms with E-state index in [1.54, 1.807) is 19.9 Å². The summed E-state index contributed by atoms with van der Waals surface area (Å²) in [7, 11) is 0. The van der Waals surface area contributed by atoms with Crippen LogP contribution in [0.3, 0.4) is 0 Å². The molecule has 1 aliphatic carbocycles. The lowest BCUT2D eigenvalue weighted by molar-refractivity contribution is -0.136. The van der Waals surface area contributed by atoms with Crippen molar-refractivity contribution in [2.75, 3.05) is 6.61 Å². The van der Waals surface area contributed by atoms with Crippen LogP contribution in [0.4, 0.5) is 13.2 Å². The van der Waals surface area contributed by atoms with Gasteiger partial charge in [-0.3, -0.25) is 0 Å². The molecule has 1 fully saturated rings. The molecule has 2 aromatic rings. The van der Waals surface area contributed by atoms with E-state index in [9.17, 15) is 18.0 Å². The van der Waals surface area contributed by atoms with Crippen molar-refractivity contribution in [2.45, 2.75) is 38.8 Å². The van der Waals surface area contributed by atoms with Crippen LogP contribution in [0.2, 0.25) is 0 Å². The van der Waals surface area contributed by atoms with Crippen molar-refractivity contribution in [3.8, 4) is 0 Å². The van der Waals surface area contributed by atoms with Gasteiger partial charge in [0.2, 0.25) is 0 Å². The van der Waals surface area contributed by atoms with Crippen molar-refractivity contribution >= 4 is 16.9 Å². The molecule has 0 aliphatic heterocycles. The normalized spacial score (nSPS) is 15.0. The van der Waals surface area contributed by atoms with Crippen LogP contribution in [0.25, 0.3) is 10.9 Å². The smallest absolute Gasteiger partial charge is 0.418 e. The van der Waals surface area contributed by atoms with Crippen LogP contribution in [0, 0.1) is 6.92 Å². The first kappa shape index (κ1) is 15.8. The Bertz CT molecular complexity index is 779. The van der Waals surface area contributed by atoms with Gasteiger partial charge in [0.05, 0.1) is 17.7 Å². The minimum Gasteiger partial charge on any atom is -0.461 e. The van der Waals surface area contributed by atoms with Gasteiger partial charge in [-0.25, -0.2) is 9.78 Å². The maximum atomic E-state index is 13.4. The van der Waals surface area contributed by atoms with E-state index in [4.69, 9.17) is 4.74 Å². The summed E-state index contributed by atoms with van der Waals surface area (Å²) in [4.78, 5) is 15.8. The van der Waals surface area contributed by atoms with Crippen LogP contribution in [-0.4, -0.2) is 17.6 Å². The van der Waals surface area contributed by atoms with Gasteiger partial charge in [0.25, 0.3) is 0 Å². The maximum Gasteiger partial charge on any atom is 0.418 e. The third kappa shape index (κ3) is 3.02. The van der Waals surface area contributed by atoms with Gasteiger partial charge < -0.3 is 4.74 Å². The fraction of sp³-hybridized carbons (Fsp3) is 0.412. The number of alkyl halides is 3. The van der Waals surface area contributed by atoms with Gasteiger partial charge in [0, 0.05) is 5.39 Å². The average Bonchev–Trinajstić information content (AvgIpc) is 3.30. The van der Waals surface area contributed by atoms with Gasteiger partial charge in [-0.2, -0.15) is 13.2 Å². The molecule has 3 nitrogen and oxygen atoms in total. The van der Waals surface area contributed by atoms with Gasteiger partial charge in [-0.05, 0) is 61.9 Å². The number of carbonyl (C=O) groups is 1. The van der Waals surface area contributed by atoms with E-state index in [0.717, 1.165) is 12.8 Å². The summed E-state index contributed by atoms with van der Waals surface area (Å²) in [6.07, 6.45) is -2.69. The molecule has 0 bridgehead atoms. The molecule has 0 spiro atoms. The number of hydrogen-bond acceptors (Lipinski definition) is 3. The molecule has 0 atom stereocenters. The molecule has 0 amide bonds. The van der Waals surface area contributed by atoms with Crippen molar-refractivity contribution in [2.24, 2.45) is 0 Å². The quantitative estimate of drug-likeness (QED) is 0.774. The Hall–Kier alpha value is -2.11. The molecule has 1 heterocycles. The van der Waals surface area contributed by atoms with Gasteiger partial charge in [0.15, 0.2) is 0 Å². The van der Waals surface area contributed by atoms with E-state index in [1.165, 1.54) is 12.1 Å². The van der Waals surface area contributed by atoms with Crippen LogP contribution >= 0.6 is 0 Å². The summed E-state index contributed by atoms with van der Waals surface area (Å²) in [5.74, 6) is -0.512. The minimum absolute atomic E-state index is 0.0958. The lowest BCUT2D eigenvalue weighted by atomic mass is 9.98. The average molecular weight is 323 g/mol. The Labute approximate surface area is 131 Å². The highest BCUT2D eigenvalue weighted by Crippen LogP contribution is 2.44. The SMILES string of the molecule is CCOC(=O)c1cc(C)c2cc(C3CC3)cc(C(F)(F)F)c2n1. The van der Waals surface area contributed by atoms with Gasteiger partial charge in [-0.15, -0.1) is 0 Å². The third-order valence-electron chi connectivity index (χ3n) is 3.98. The second kappa shape index (κ2) is 5.51. The fourth-order valence-electron chi connectivity index (χ4n) is 2.69. The molecule has 6 heteroatoms. The van der Waals surface area contributed by atoms with Crippen molar-refractivity contribution in [3.63, 3.8) is 0 Å². The highest BCUT2D eigenvalue weighted by Gasteiger charge is 2.36. The van der Waals surface area contributed by atoms with Gasteiger partial charge >= 0.3 is 12.1 Å². The number of aromatic nitrogens is 1. The number of nitrogens with zero attached hydrogens (tertiary/aromatic N) is 1. The van der Waals surface area contributed by atoms with Gasteiger partial charge in [-0.1, -0.05) is 0 Å². The maximum absolute atomic E-state index is 13.4. The lowest BCUT2D eigenvalue weighted by Gasteiger charge is -2.14. The number of hydrogen-bond donors (Lipinski definition) is 0. The summed E-state index contributed by atoms with van der Waals surface area (Å²) in [5, 5.41) is 0.440. The molecule has 1 aromatic heterocycles. The van der Waals surface area contributed by atoms with Crippen LogP contribution in [0.1, 0.15) is 52.9 Å². The summed E-state index contributed by atoms with van der Waals surface area (Å²) in [6, 6.07) is 4.41. The zero-order valence-corrected chi connectivity index (χ0v) is 12.8. The summed E-state index contributed by atoms with van der Waals surface area (Å²) < 4.78 is 45.2. The lowest BCUT2D eigenvalue weighted by Crippen LogP contribution is -2.12. The molecular weight excluding hydrogens is 307 g/mol. The Kier molecular flexibility index (Phi) is 3.78. The Balaban J connectivity index is 2.25. The second-order valence-electron chi connectivity index (χ2n) is 5.78. The number of aryl methyl sites for hydroxylation is 1. The number of pyridine rings is 1. The summed E-state index contributed by atoms with van der Waals surface area (Å²) in [5.41, 5.74) is 0.210. The summed E-state index contributed by atoms with van der Waals surface area (Å²) >= 11 is 0. The Morgan fingerprint density at radius 3 is 2.57 bits per heavy atom. The molecule has 3 rings (SSSR count). The first-order valence-corrected chi connectivity index (χ1v) is 7.51. The second-order valence-corrected chi connectivity index (χ2v) is 5.78. The Morgan fingerprint density at radius 2 is 2.00 bits per heavy atom. The number of halogens is 3. The highest BCUT2D eigenvalue weighted by atomic mass is 19.4. The molecule has 0 unspecified atom stereocenters. The monoisotopic (exact) mass is 323 g/mol. The third-order valence-corrected chi connectivity index (χ3v) is 3.98. The molecule has 0 saturated heterocycles. The number of ether oxygens (including phenoxy) is 1. The molecule has 1 aliphatic rings. The largest absolute Gasteiger partial charge is 0.461 e. The Morgan fingerprint density at radius 1 is 1.30 bits per heavy atom. The number of benzene rings is 1. The highest BCUT2D eigenvalue weighted by molar-refractivity contribution is 5.94. The molecule has 1 saturated carbocycles. The number of fused-ring (bicyclic) bond motifs is 1.